The average Bonchev–Trinajstić information content (AvgIpc) is 2.93. The first-order valence-corrected chi connectivity index (χ1v) is 10.9. The zero-order valence-electron chi connectivity index (χ0n) is 18.3. The highest BCUT2D eigenvalue weighted by atomic mass is 16.2. The number of carbonyl (C=O) groups is 2. The standard InChI is InChI=1S/C24H36N2O2/c1-22(2,3)25-21(28)19-8-7-17-16-14-26(6)20-13-15(27)9-11-24(20,5)18(16)10-12-23(17,19)4/h9,11,13,16-19H,7-8,10,12,14H2,1-6H3,(H,25,28)/t16-,17-,18+,19?,23-,24+/m0/s1. The third kappa shape index (κ3) is 2.86. The minimum Gasteiger partial charge on any atom is -0.377 e. The first kappa shape index (κ1) is 19.7. The number of ketones is 1. The maximum Gasteiger partial charge on any atom is 0.224 e. The maximum absolute atomic E-state index is 13.1. The van der Waals surface area contributed by atoms with Crippen molar-refractivity contribution in [1.82, 2.24) is 10.2 Å². The van der Waals surface area contributed by atoms with Crippen molar-refractivity contribution >= 4 is 11.7 Å². The number of nitrogens with zero attached hydrogens (tertiary/aromatic N) is 1. The molecule has 4 rings (SSSR count). The quantitative estimate of drug-likeness (QED) is 0.745. The summed E-state index contributed by atoms with van der Waals surface area (Å²) in [4.78, 5) is 27.4. The third-order valence-corrected chi connectivity index (χ3v) is 8.34. The summed E-state index contributed by atoms with van der Waals surface area (Å²) in [5.74, 6) is 2.19. The Kier molecular flexibility index (Phi) is 4.37. The Hall–Kier alpha value is -1.58. The number of carbonyl (C=O) groups excluding carboxylic acids is 2. The molecule has 0 aromatic rings. The van der Waals surface area contributed by atoms with Crippen LogP contribution in [0.5, 0.6) is 0 Å². The van der Waals surface area contributed by atoms with E-state index in [-0.39, 0.29) is 34.0 Å². The third-order valence-electron chi connectivity index (χ3n) is 8.34. The fraction of sp³-hybridized carbons (Fsp3) is 0.750. The van der Waals surface area contributed by atoms with Gasteiger partial charge in [-0.2, -0.15) is 0 Å². The van der Waals surface area contributed by atoms with E-state index in [2.05, 4.69) is 58.0 Å². The Morgan fingerprint density at radius 1 is 1.18 bits per heavy atom. The topological polar surface area (TPSA) is 49.4 Å². The van der Waals surface area contributed by atoms with Crippen molar-refractivity contribution in [3.8, 4) is 0 Å². The summed E-state index contributed by atoms with van der Waals surface area (Å²) in [6.07, 6.45) is 10.2. The van der Waals surface area contributed by atoms with Gasteiger partial charge in [-0.3, -0.25) is 9.59 Å². The van der Waals surface area contributed by atoms with E-state index in [0.717, 1.165) is 32.2 Å². The van der Waals surface area contributed by atoms with Crippen LogP contribution in [0.4, 0.5) is 0 Å². The molecule has 1 N–H and O–H groups in total. The highest BCUT2D eigenvalue weighted by Gasteiger charge is 2.60. The summed E-state index contributed by atoms with van der Waals surface area (Å²) in [6.45, 7) is 11.9. The Morgan fingerprint density at radius 3 is 2.57 bits per heavy atom. The summed E-state index contributed by atoms with van der Waals surface area (Å²) in [5, 5.41) is 3.25. The molecule has 0 bridgehead atoms. The van der Waals surface area contributed by atoms with Gasteiger partial charge in [0.15, 0.2) is 5.78 Å². The monoisotopic (exact) mass is 384 g/mol. The van der Waals surface area contributed by atoms with Crippen LogP contribution in [-0.2, 0) is 9.59 Å². The molecule has 1 aliphatic heterocycles. The van der Waals surface area contributed by atoms with Gasteiger partial charge in [0, 0.05) is 42.2 Å². The van der Waals surface area contributed by atoms with Crippen LogP contribution in [0.2, 0.25) is 0 Å². The Bertz CT molecular complexity index is 761. The molecule has 3 aliphatic carbocycles. The van der Waals surface area contributed by atoms with Gasteiger partial charge < -0.3 is 10.2 Å². The van der Waals surface area contributed by atoms with Gasteiger partial charge in [-0.15, -0.1) is 0 Å². The van der Waals surface area contributed by atoms with Crippen LogP contribution in [0.25, 0.3) is 0 Å². The fourth-order valence-corrected chi connectivity index (χ4v) is 7.10. The van der Waals surface area contributed by atoms with Crippen LogP contribution in [0.1, 0.15) is 60.3 Å². The molecular weight excluding hydrogens is 348 g/mol. The molecule has 4 heteroatoms. The molecule has 28 heavy (non-hydrogen) atoms. The second kappa shape index (κ2) is 6.21. The smallest absolute Gasteiger partial charge is 0.224 e. The van der Waals surface area contributed by atoms with Crippen molar-refractivity contribution in [2.75, 3.05) is 13.6 Å². The van der Waals surface area contributed by atoms with E-state index < -0.39 is 0 Å². The number of nitrogens with one attached hydrogen (secondary N) is 1. The van der Waals surface area contributed by atoms with Crippen LogP contribution < -0.4 is 5.32 Å². The molecule has 6 atom stereocenters. The van der Waals surface area contributed by atoms with Crippen LogP contribution in [0.3, 0.4) is 0 Å². The first-order chi connectivity index (χ1) is 13.0. The van der Waals surface area contributed by atoms with Crippen molar-refractivity contribution in [2.24, 2.45) is 34.5 Å². The molecule has 0 aromatic heterocycles. The largest absolute Gasteiger partial charge is 0.377 e. The Balaban J connectivity index is 1.63. The molecule has 4 nitrogen and oxygen atoms in total. The van der Waals surface area contributed by atoms with E-state index in [1.165, 1.54) is 5.70 Å². The maximum atomic E-state index is 13.1. The van der Waals surface area contributed by atoms with Gasteiger partial charge in [0.2, 0.25) is 5.91 Å². The lowest BCUT2D eigenvalue weighted by molar-refractivity contribution is -0.133. The number of piperidine rings is 1. The van der Waals surface area contributed by atoms with Gasteiger partial charge in [0.1, 0.15) is 0 Å². The number of rotatable bonds is 1. The lowest BCUT2D eigenvalue weighted by atomic mass is 9.50. The van der Waals surface area contributed by atoms with Crippen molar-refractivity contribution < 1.29 is 9.59 Å². The van der Waals surface area contributed by atoms with Crippen LogP contribution in [0.15, 0.2) is 23.9 Å². The number of hydrogen-bond acceptors (Lipinski definition) is 3. The molecule has 154 valence electrons. The number of amides is 1. The molecule has 1 saturated heterocycles. The Morgan fingerprint density at radius 2 is 1.89 bits per heavy atom. The molecule has 0 aromatic carbocycles. The SMILES string of the molecule is CN1C[C@@H]2[C@@H](CC[C@]3(C)C(C(=O)NC(C)(C)C)CC[C@@H]23)[C@@]2(C)C=CC(=O)C=C12. The second-order valence-electron chi connectivity index (χ2n) is 11.2. The van der Waals surface area contributed by atoms with Gasteiger partial charge in [-0.05, 0) is 75.7 Å². The fourth-order valence-electron chi connectivity index (χ4n) is 7.10. The summed E-state index contributed by atoms with van der Waals surface area (Å²) in [6, 6.07) is 0. The van der Waals surface area contributed by atoms with Crippen molar-refractivity contribution in [3.05, 3.63) is 23.9 Å². The van der Waals surface area contributed by atoms with Gasteiger partial charge in [0.25, 0.3) is 0 Å². The zero-order chi connectivity index (χ0) is 20.5. The molecule has 0 radical (unpaired) electrons. The molecular formula is C24H36N2O2. The van der Waals surface area contributed by atoms with E-state index in [4.69, 9.17) is 0 Å². The summed E-state index contributed by atoms with van der Waals surface area (Å²) in [7, 11) is 2.14. The highest BCUT2D eigenvalue weighted by Crippen LogP contribution is 2.64. The van der Waals surface area contributed by atoms with E-state index in [9.17, 15) is 9.59 Å². The molecule has 2 saturated carbocycles. The minimum absolute atomic E-state index is 0.0569. The van der Waals surface area contributed by atoms with E-state index >= 15 is 0 Å². The highest BCUT2D eigenvalue weighted by molar-refractivity contribution is 6.01. The number of likely N-dealkylation sites (tertiary alicyclic amines) is 1. The van der Waals surface area contributed by atoms with Crippen LogP contribution in [-0.4, -0.2) is 35.7 Å². The van der Waals surface area contributed by atoms with Gasteiger partial charge >= 0.3 is 0 Å². The van der Waals surface area contributed by atoms with Gasteiger partial charge in [-0.25, -0.2) is 0 Å². The predicted molar refractivity (Wildman–Crippen MR) is 111 cm³/mol. The minimum atomic E-state index is -0.180. The predicted octanol–water partition coefficient (Wildman–Crippen LogP) is 3.93. The summed E-state index contributed by atoms with van der Waals surface area (Å²) in [5.41, 5.74) is 1.03. The number of fused-ring (bicyclic) bond motifs is 5. The van der Waals surface area contributed by atoms with Gasteiger partial charge in [0.05, 0.1) is 0 Å². The van der Waals surface area contributed by atoms with Gasteiger partial charge in [-0.1, -0.05) is 19.9 Å². The first-order valence-electron chi connectivity index (χ1n) is 10.9. The van der Waals surface area contributed by atoms with E-state index in [1.54, 1.807) is 6.08 Å². The molecule has 0 spiro atoms. The lowest BCUT2D eigenvalue weighted by Gasteiger charge is -2.59. The van der Waals surface area contributed by atoms with E-state index in [0.29, 0.717) is 17.8 Å². The lowest BCUT2D eigenvalue weighted by Crippen LogP contribution is -2.57. The average molecular weight is 385 g/mol. The van der Waals surface area contributed by atoms with Crippen LogP contribution >= 0.6 is 0 Å². The van der Waals surface area contributed by atoms with Crippen molar-refractivity contribution in [3.63, 3.8) is 0 Å². The van der Waals surface area contributed by atoms with E-state index in [1.807, 2.05) is 6.08 Å². The Labute approximate surface area is 169 Å². The number of hydrogen-bond donors (Lipinski definition) is 1. The molecule has 1 heterocycles. The summed E-state index contributed by atoms with van der Waals surface area (Å²) >= 11 is 0. The van der Waals surface area contributed by atoms with Crippen LogP contribution in [0, 0.1) is 34.5 Å². The van der Waals surface area contributed by atoms with Crippen molar-refractivity contribution in [1.29, 1.82) is 0 Å². The number of allylic oxidation sites excluding steroid dienone is 3. The molecule has 4 aliphatic rings. The molecule has 1 unspecified atom stereocenters. The normalized spacial score (nSPS) is 42.4. The zero-order valence-corrected chi connectivity index (χ0v) is 18.3. The second-order valence-corrected chi connectivity index (χ2v) is 11.2. The summed E-state index contributed by atoms with van der Waals surface area (Å²) < 4.78 is 0. The molecule has 1 amide bonds. The van der Waals surface area contributed by atoms with Crippen molar-refractivity contribution in [2.45, 2.75) is 65.8 Å². The molecule has 3 fully saturated rings.